The van der Waals surface area contributed by atoms with Crippen LogP contribution in [-0.2, 0) is 20.0 Å². The predicted molar refractivity (Wildman–Crippen MR) is 90.4 cm³/mol. The van der Waals surface area contributed by atoms with Crippen molar-refractivity contribution in [3.8, 4) is 0 Å². The quantitative estimate of drug-likeness (QED) is 0.637. The van der Waals surface area contributed by atoms with Crippen LogP contribution >= 0.6 is 0 Å². The summed E-state index contributed by atoms with van der Waals surface area (Å²) in [6.45, 7) is 3.34. The molecule has 130 valence electrons. The minimum Gasteiger partial charge on any atom is -0.315 e. The SMILES string of the molecule is CCCCS(=O)(=O)Nc1ccc(S(=O)(=O)NC2CCNC2)cc1. The summed E-state index contributed by atoms with van der Waals surface area (Å²) >= 11 is 0. The van der Waals surface area contributed by atoms with E-state index in [2.05, 4.69) is 14.8 Å². The number of anilines is 1. The monoisotopic (exact) mass is 361 g/mol. The topological polar surface area (TPSA) is 104 Å². The third-order valence-corrected chi connectivity index (χ3v) is 6.50. The molecule has 1 aromatic rings. The van der Waals surface area contributed by atoms with Gasteiger partial charge in [-0.15, -0.1) is 0 Å². The highest BCUT2D eigenvalue weighted by Crippen LogP contribution is 2.16. The fourth-order valence-electron chi connectivity index (χ4n) is 2.31. The fraction of sp³-hybridized carbons (Fsp3) is 0.571. The maximum atomic E-state index is 12.2. The number of rotatable bonds is 8. The van der Waals surface area contributed by atoms with Crippen molar-refractivity contribution in [1.82, 2.24) is 10.0 Å². The van der Waals surface area contributed by atoms with E-state index in [1.165, 1.54) is 24.3 Å². The minimum absolute atomic E-state index is 0.0553. The van der Waals surface area contributed by atoms with Crippen molar-refractivity contribution < 1.29 is 16.8 Å². The molecule has 0 bridgehead atoms. The van der Waals surface area contributed by atoms with Gasteiger partial charge in [-0.2, -0.15) is 0 Å². The predicted octanol–water partition coefficient (Wildman–Crippen LogP) is 0.869. The van der Waals surface area contributed by atoms with Gasteiger partial charge in [0.25, 0.3) is 0 Å². The Kier molecular flexibility index (Phi) is 6.01. The Labute approximate surface area is 138 Å². The van der Waals surface area contributed by atoms with E-state index in [9.17, 15) is 16.8 Å². The zero-order valence-electron chi connectivity index (χ0n) is 13.1. The highest BCUT2D eigenvalue weighted by Gasteiger charge is 2.22. The van der Waals surface area contributed by atoms with Gasteiger partial charge in [0.15, 0.2) is 0 Å². The van der Waals surface area contributed by atoms with Gasteiger partial charge in [-0.25, -0.2) is 21.6 Å². The number of sulfonamides is 2. The molecule has 0 aliphatic carbocycles. The van der Waals surface area contributed by atoms with Crippen LogP contribution in [0.25, 0.3) is 0 Å². The van der Waals surface area contributed by atoms with E-state index in [1.807, 2.05) is 6.92 Å². The zero-order chi connectivity index (χ0) is 16.9. The summed E-state index contributed by atoms with van der Waals surface area (Å²) in [5, 5.41) is 3.09. The molecule has 0 aromatic heterocycles. The van der Waals surface area contributed by atoms with E-state index in [0.717, 1.165) is 19.4 Å². The van der Waals surface area contributed by atoms with Gasteiger partial charge in [-0.1, -0.05) is 13.3 Å². The molecule has 9 heteroatoms. The number of hydrogen-bond donors (Lipinski definition) is 3. The third-order valence-electron chi connectivity index (χ3n) is 3.59. The van der Waals surface area contributed by atoms with Crippen LogP contribution in [0.4, 0.5) is 5.69 Å². The van der Waals surface area contributed by atoms with Gasteiger partial charge in [0, 0.05) is 18.3 Å². The summed E-state index contributed by atoms with van der Waals surface area (Å²) in [6.07, 6.45) is 2.13. The van der Waals surface area contributed by atoms with Crippen LogP contribution < -0.4 is 14.8 Å². The Morgan fingerprint density at radius 3 is 2.43 bits per heavy atom. The molecule has 1 fully saturated rings. The molecular weight excluding hydrogens is 338 g/mol. The maximum Gasteiger partial charge on any atom is 0.240 e. The van der Waals surface area contributed by atoms with Crippen molar-refractivity contribution in [3.05, 3.63) is 24.3 Å². The number of hydrogen-bond acceptors (Lipinski definition) is 5. The largest absolute Gasteiger partial charge is 0.315 e. The third kappa shape index (κ3) is 5.45. The van der Waals surface area contributed by atoms with Gasteiger partial charge in [0.05, 0.1) is 10.6 Å². The molecule has 3 N–H and O–H groups in total. The standard InChI is InChI=1S/C14H23N3O4S2/c1-2-3-10-22(18,19)16-12-4-6-14(7-5-12)23(20,21)17-13-8-9-15-11-13/h4-7,13,15-17H,2-3,8-11H2,1H3. The van der Waals surface area contributed by atoms with Crippen molar-refractivity contribution in [2.45, 2.75) is 37.1 Å². The van der Waals surface area contributed by atoms with E-state index in [0.29, 0.717) is 18.7 Å². The number of benzene rings is 1. The van der Waals surface area contributed by atoms with E-state index in [-0.39, 0.29) is 16.7 Å². The van der Waals surface area contributed by atoms with Gasteiger partial charge in [0.1, 0.15) is 0 Å². The summed E-state index contributed by atoms with van der Waals surface area (Å²) in [7, 11) is -6.97. The molecule has 0 radical (unpaired) electrons. The second-order valence-corrected chi connectivity index (χ2v) is 9.17. The van der Waals surface area contributed by atoms with Crippen molar-refractivity contribution >= 4 is 25.7 Å². The molecule has 7 nitrogen and oxygen atoms in total. The molecule has 1 aliphatic heterocycles. The van der Waals surface area contributed by atoms with Gasteiger partial charge < -0.3 is 5.32 Å². The summed E-state index contributed by atoms with van der Waals surface area (Å²) in [4.78, 5) is 0.126. The fourth-order valence-corrected chi connectivity index (χ4v) is 4.85. The summed E-state index contributed by atoms with van der Waals surface area (Å²) in [5.41, 5.74) is 0.364. The van der Waals surface area contributed by atoms with Crippen molar-refractivity contribution in [1.29, 1.82) is 0 Å². The molecule has 0 amide bonds. The van der Waals surface area contributed by atoms with E-state index < -0.39 is 20.0 Å². The minimum atomic E-state index is -3.59. The highest BCUT2D eigenvalue weighted by molar-refractivity contribution is 7.92. The molecular formula is C14H23N3O4S2. The maximum absolute atomic E-state index is 12.2. The van der Waals surface area contributed by atoms with Crippen LogP contribution in [0.1, 0.15) is 26.2 Å². The van der Waals surface area contributed by atoms with Crippen LogP contribution in [0.5, 0.6) is 0 Å². The van der Waals surface area contributed by atoms with Crippen LogP contribution in [0.3, 0.4) is 0 Å². The normalized spacial score (nSPS) is 18.9. The van der Waals surface area contributed by atoms with E-state index in [1.54, 1.807) is 0 Å². The summed E-state index contributed by atoms with van der Waals surface area (Å²) < 4.78 is 53.2. The molecule has 0 saturated carbocycles. The smallest absolute Gasteiger partial charge is 0.240 e. The average molecular weight is 361 g/mol. The molecule has 1 atom stereocenters. The van der Waals surface area contributed by atoms with E-state index in [4.69, 9.17) is 0 Å². The lowest BCUT2D eigenvalue weighted by molar-refractivity contribution is 0.560. The van der Waals surface area contributed by atoms with Crippen molar-refractivity contribution in [2.75, 3.05) is 23.6 Å². The van der Waals surface area contributed by atoms with Crippen LogP contribution in [-0.4, -0.2) is 41.7 Å². The summed E-state index contributed by atoms with van der Waals surface area (Å²) in [6, 6.07) is 5.63. The Morgan fingerprint density at radius 2 is 1.87 bits per heavy atom. The highest BCUT2D eigenvalue weighted by atomic mass is 32.2. The molecule has 1 heterocycles. The molecule has 0 spiro atoms. The van der Waals surface area contributed by atoms with Gasteiger partial charge in [-0.3, -0.25) is 4.72 Å². The van der Waals surface area contributed by atoms with Crippen molar-refractivity contribution in [2.24, 2.45) is 0 Å². The first-order valence-electron chi connectivity index (χ1n) is 7.66. The first kappa shape index (κ1) is 18.2. The summed E-state index contributed by atoms with van der Waals surface area (Å²) in [5.74, 6) is 0.0553. The molecule has 1 saturated heterocycles. The van der Waals surface area contributed by atoms with Crippen LogP contribution in [0, 0.1) is 0 Å². The number of nitrogens with one attached hydrogen (secondary N) is 3. The van der Waals surface area contributed by atoms with Gasteiger partial charge in [-0.05, 0) is 43.7 Å². The lowest BCUT2D eigenvalue weighted by Gasteiger charge is -2.13. The second-order valence-electron chi connectivity index (χ2n) is 5.61. The average Bonchev–Trinajstić information content (AvgIpc) is 2.97. The first-order valence-corrected chi connectivity index (χ1v) is 10.8. The Balaban J connectivity index is 2.03. The molecule has 1 aromatic carbocycles. The lowest BCUT2D eigenvalue weighted by atomic mass is 10.3. The Bertz CT molecular complexity index is 709. The van der Waals surface area contributed by atoms with Crippen molar-refractivity contribution in [3.63, 3.8) is 0 Å². The van der Waals surface area contributed by atoms with E-state index >= 15 is 0 Å². The lowest BCUT2D eigenvalue weighted by Crippen LogP contribution is -2.36. The van der Waals surface area contributed by atoms with Gasteiger partial charge >= 0.3 is 0 Å². The Morgan fingerprint density at radius 1 is 1.17 bits per heavy atom. The molecule has 2 rings (SSSR count). The first-order chi connectivity index (χ1) is 10.8. The number of unbranched alkanes of at least 4 members (excludes halogenated alkanes) is 1. The molecule has 1 aliphatic rings. The second kappa shape index (κ2) is 7.61. The van der Waals surface area contributed by atoms with Crippen LogP contribution in [0.15, 0.2) is 29.2 Å². The molecule has 1 unspecified atom stereocenters. The van der Waals surface area contributed by atoms with Crippen LogP contribution in [0.2, 0.25) is 0 Å². The Hall–Kier alpha value is -1.16. The molecule has 23 heavy (non-hydrogen) atoms. The van der Waals surface area contributed by atoms with Gasteiger partial charge in [0.2, 0.25) is 20.0 Å². The zero-order valence-corrected chi connectivity index (χ0v) is 14.7.